The van der Waals surface area contributed by atoms with E-state index in [-0.39, 0.29) is 11.8 Å². The largest absolute Gasteiger partial charge is 0.343 e. The Kier molecular flexibility index (Phi) is 6.51. The van der Waals surface area contributed by atoms with Crippen LogP contribution in [0.2, 0.25) is 0 Å². The summed E-state index contributed by atoms with van der Waals surface area (Å²) in [5.41, 5.74) is 3.65. The van der Waals surface area contributed by atoms with Crippen LogP contribution in [0.3, 0.4) is 0 Å². The summed E-state index contributed by atoms with van der Waals surface area (Å²) < 4.78 is 28.1. The minimum absolute atomic E-state index is 0.0669. The maximum absolute atomic E-state index is 13.3. The maximum atomic E-state index is 13.3. The van der Waals surface area contributed by atoms with E-state index in [2.05, 4.69) is 0 Å². The second-order valence-electron chi connectivity index (χ2n) is 7.28. The lowest BCUT2D eigenvalue weighted by Gasteiger charge is -2.33. The van der Waals surface area contributed by atoms with Crippen LogP contribution in [0.15, 0.2) is 11.0 Å². The Morgan fingerprint density at radius 1 is 1.04 bits per heavy atom. The van der Waals surface area contributed by atoms with Crippen molar-refractivity contribution in [3.05, 3.63) is 28.3 Å². The van der Waals surface area contributed by atoms with Gasteiger partial charge in [-0.3, -0.25) is 4.79 Å². The number of nitrogens with zero attached hydrogens (tertiary/aromatic N) is 2. The standard InChI is InChI=1S/C20H32N2O3S/c1-7-21(8-2)20(23)18-9-11-22(12-10-18)26(24,25)19-16(5)14(3)13-15(4)17(19)6/h13,18H,7-12H2,1-6H3. The van der Waals surface area contributed by atoms with E-state index >= 15 is 0 Å². The zero-order valence-electron chi connectivity index (χ0n) is 16.9. The summed E-state index contributed by atoms with van der Waals surface area (Å²) in [5, 5.41) is 0. The lowest BCUT2D eigenvalue weighted by Crippen LogP contribution is -2.44. The molecule has 1 aliphatic heterocycles. The van der Waals surface area contributed by atoms with Gasteiger partial charge in [0.2, 0.25) is 15.9 Å². The number of hydrogen-bond donors (Lipinski definition) is 0. The number of piperidine rings is 1. The van der Waals surface area contributed by atoms with E-state index in [0.717, 1.165) is 22.3 Å². The summed E-state index contributed by atoms with van der Waals surface area (Å²) in [5.74, 6) is 0.0913. The maximum Gasteiger partial charge on any atom is 0.243 e. The molecule has 2 rings (SSSR count). The first-order chi connectivity index (χ1) is 12.1. The van der Waals surface area contributed by atoms with Crippen molar-refractivity contribution in [2.24, 2.45) is 5.92 Å². The van der Waals surface area contributed by atoms with Crippen LogP contribution in [0.1, 0.15) is 48.9 Å². The molecule has 1 heterocycles. The first kappa shape index (κ1) is 20.9. The van der Waals surface area contributed by atoms with E-state index in [1.54, 1.807) is 4.31 Å². The molecule has 6 heteroatoms. The molecule has 1 aromatic rings. The second kappa shape index (κ2) is 8.09. The molecule has 0 bridgehead atoms. The van der Waals surface area contributed by atoms with E-state index in [1.165, 1.54) is 0 Å². The third kappa shape index (κ3) is 3.81. The molecule has 26 heavy (non-hydrogen) atoms. The summed E-state index contributed by atoms with van der Waals surface area (Å²) >= 11 is 0. The van der Waals surface area contributed by atoms with Gasteiger partial charge in [0.25, 0.3) is 0 Å². The van der Waals surface area contributed by atoms with E-state index in [4.69, 9.17) is 0 Å². The fourth-order valence-electron chi connectivity index (χ4n) is 3.83. The molecule has 0 spiro atoms. The highest BCUT2D eigenvalue weighted by atomic mass is 32.2. The molecule has 0 saturated carbocycles. The highest BCUT2D eigenvalue weighted by molar-refractivity contribution is 7.89. The minimum Gasteiger partial charge on any atom is -0.343 e. The second-order valence-corrected chi connectivity index (χ2v) is 9.15. The molecule has 0 atom stereocenters. The summed E-state index contributed by atoms with van der Waals surface area (Å²) in [6.45, 7) is 13.8. The molecular formula is C20H32N2O3S. The highest BCUT2D eigenvalue weighted by Gasteiger charge is 2.35. The SMILES string of the molecule is CCN(CC)C(=O)C1CCN(S(=O)(=O)c2c(C)c(C)cc(C)c2C)CC1. The molecule has 0 aromatic heterocycles. The first-order valence-electron chi connectivity index (χ1n) is 9.51. The number of amides is 1. The molecule has 1 aromatic carbocycles. The minimum atomic E-state index is -3.54. The lowest BCUT2D eigenvalue weighted by atomic mass is 9.96. The molecule has 0 N–H and O–H groups in total. The average molecular weight is 381 g/mol. The summed E-state index contributed by atoms with van der Waals surface area (Å²) in [4.78, 5) is 14.8. The van der Waals surface area contributed by atoms with Crippen LogP contribution in [0.4, 0.5) is 0 Å². The Morgan fingerprint density at radius 2 is 1.50 bits per heavy atom. The fourth-order valence-corrected chi connectivity index (χ4v) is 5.88. The number of carbonyl (C=O) groups excluding carboxylic acids is 1. The monoisotopic (exact) mass is 380 g/mol. The Labute approximate surface area is 158 Å². The number of rotatable bonds is 5. The predicted octanol–water partition coefficient (Wildman–Crippen LogP) is 3.19. The molecule has 1 amide bonds. The summed E-state index contributed by atoms with van der Waals surface area (Å²) in [7, 11) is -3.54. The number of carbonyl (C=O) groups is 1. The Balaban J connectivity index is 2.23. The van der Waals surface area contributed by atoms with Crippen molar-refractivity contribution in [3.8, 4) is 0 Å². The van der Waals surface area contributed by atoms with Crippen LogP contribution in [0.5, 0.6) is 0 Å². The van der Waals surface area contributed by atoms with Crippen molar-refractivity contribution < 1.29 is 13.2 Å². The molecule has 146 valence electrons. The normalized spacial score (nSPS) is 16.7. The fraction of sp³-hybridized carbons (Fsp3) is 0.650. The predicted molar refractivity (Wildman–Crippen MR) is 105 cm³/mol. The molecule has 0 radical (unpaired) electrons. The van der Waals surface area contributed by atoms with Gasteiger partial charge in [-0.2, -0.15) is 4.31 Å². The van der Waals surface area contributed by atoms with Gasteiger partial charge < -0.3 is 4.90 Å². The molecule has 1 aliphatic rings. The van der Waals surface area contributed by atoms with Crippen LogP contribution in [-0.4, -0.2) is 49.7 Å². The highest BCUT2D eigenvalue weighted by Crippen LogP contribution is 2.31. The summed E-state index contributed by atoms with van der Waals surface area (Å²) in [6, 6.07) is 2.04. The molecule has 1 fully saturated rings. The van der Waals surface area contributed by atoms with Crippen molar-refractivity contribution in [1.29, 1.82) is 0 Å². The van der Waals surface area contributed by atoms with Crippen LogP contribution in [0, 0.1) is 33.6 Å². The van der Waals surface area contributed by atoms with Gasteiger partial charge in [0, 0.05) is 32.1 Å². The van der Waals surface area contributed by atoms with Gasteiger partial charge in [0.15, 0.2) is 0 Å². The van der Waals surface area contributed by atoms with Crippen molar-refractivity contribution in [2.75, 3.05) is 26.2 Å². The first-order valence-corrected chi connectivity index (χ1v) is 10.9. The van der Waals surface area contributed by atoms with Crippen molar-refractivity contribution in [3.63, 3.8) is 0 Å². The zero-order chi connectivity index (χ0) is 19.6. The van der Waals surface area contributed by atoms with Crippen LogP contribution < -0.4 is 0 Å². The van der Waals surface area contributed by atoms with Gasteiger partial charge in [-0.15, -0.1) is 0 Å². The molecule has 1 saturated heterocycles. The third-order valence-electron chi connectivity index (χ3n) is 5.77. The zero-order valence-corrected chi connectivity index (χ0v) is 17.7. The Morgan fingerprint density at radius 3 is 1.92 bits per heavy atom. The molecule has 5 nitrogen and oxygen atoms in total. The molecular weight excluding hydrogens is 348 g/mol. The topological polar surface area (TPSA) is 57.7 Å². The number of hydrogen-bond acceptors (Lipinski definition) is 3. The van der Waals surface area contributed by atoms with Gasteiger partial charge in [-0.05, 0) is 76.6 Å². The Bertz CT molecular complexity index is 748. The third-order valence-corrected chi connectivity index (χ3v) is 7.95. The Hall–Kier alpha value is -1.40. The summed E-state index contributed by atoms with van der Waals surface area (Å²) in [6.07, 6.45) is 1.19. The smallest absolute Gasteiger partial charge is 0.243 e. The number of benzene rings is 1. The van der Waals surface area contributed by atoms with Gasteiger partial charge in [-0.25, -0.2) is 8.42 Å². The number of aryl methyl sites for hydroxylation is 2. The van der Waals surface area contributed by atoms with E-state index in [0.29, 0.717) is 43.9 Å². The quantitative estimate of drug-likeness (QED) is 0.788. The van der Waals surface area contributed by atoms with Crippen molar-refractivity contribution in [2.45, 2.75) is 59.3 Å². The van der Waals surface area contributed by atoms with Crippen LogP contribution in [0.25, 0.3) is 0 Å². The van der Waals surface area contributed by atoms with Crippen molar-refractivity contribution in [1.82, 2.24) is 9.21 Å². The molecule has 0 aliphatic carbocycles. The van der Waals surface area contributed by atoms with Gasteiger partial charge in [0.05, 0.1) is 4.90 Å². The lowest BCUT2D eigenvalue weighted by molar-refractivity contribution is -0.136. The van der Waals surface area contributed by atoms with Crippen LogP contribution in [-0.2, 0) is 14.8 Å². The van der Waals surface area contributed by atoms with E-state index < -0.39 is 10.0 Å². The van der Waals surface area contributed by atoms with Crippen molar-refractivity contribution >= 4 is 15.9 Å². The van der Waals surface area contributed by atoms with Gasteiger partial charge in [-0.1, -0.05) is 6.07 Å². The average Bonchev–Trinajstić information content (AvgIpc) is 2.61. The number of sulfonamides is 1. The van der Waals surface area contributed by atoms with E-state index in [9.17, 15) is 13.2 Å². The van der Waals surface area contributed by atoms with Gasteiger partial charge >= 0.3 is 0 Å². The van der Waals surface area contributed by atoms with Crippen LogP contribution >= 0.6 is 0 Å². The molecule has 0 unspecified atom stereocenters. The van der Waals surface area contributed by atoms with E-state index in [1.807, 2.05) is 52.5 Å². The van der Waals surface area contributed by atoms with Gasteiger partial charge in [0.1, 0.15) is 0 Å².